The Labute approximate surface area is 209 Å². The molecule has 0 atom stereocenters. The van der Waals surface area contributed by atoms with Gasteiger partial charge in [0.1, 0.15) is 0 Å². The maximum atomic E-state index is 12.6. The Morgan fingerprint density at radius 1 is 0.694 bits per heavy atom. The third-order valence-corrected chi connectivity index (χ3v) is 5.72. The Balaban J connectivity index is 1.55. The summed E-state index contributed by atoms with van der Waals surface area (Å²) in [4.78, 5) is 59.2. The lowest BCUT2D eigenvalue weighted by molar-refractivity contribution is -0.114. The van der Waals surface area contributed by atoms with E-state index >= 15 is 0 Å². The van der Waals surface area contributed by atoms with Crippen molar-refractivity contribution in [2.45, 2.75) is 11.8 Å². The standard InChI is InChI=1S/C25H21N3O7S/c1-14(29)26-16-3-5-17(6-4-16)27-22(30)13-36-19-9-7-18(8-10-19)28-23(31)20-11-2-15(24(32)33)12-21(20)25(34)35/h2-12H,13H2,1H3,(H,26,29)(H,27,30)(H,28,31)(H,32,33)(H,34,35). The first-order chi connectivity index (χ1) is 17.1. The van der Waals surface area contributed by atoms with Crippen molar-refractivity contribution in [2.75, 3.05) is 21.7 Å². The van der Waals surface area contributed by atoms with Crippen molar-refractivity contribution in [2.24, 2.45) is 0 Å². The summed E-state index contributed by atoms with van der Waals surface area (Å²) in [5, 5.41) is 26.4. The predicted octanol–water partition coefficient (Wildman–Crippen LogP) is 4.02. The van der Waals surface area contributed by atoms with Gasteiger partial charge in [-0.15, -0.1) is 11.8 Å². The topological polar surface area (TPSA) is 162 Å². The van der Waals surface area contributed by atoms with Crippen molar-refractivity contribution in [1.29, 1.82) is 0 Å². The van der Waals surface area contributed by atoms with Crippen molar-refractivity contribution in [3.05, 3.63) is 83.4 Å². The largest absolute Gasteiger partial charge is 0.478 e. The zero-order valence-electron chi connectivity index (χ0n) is 18.9. The van der Waals surface area contributed by atoms with Crippen LogP contribution in [0.4, 0.5) is 17.1 Å². The summed E-state index contributed by atoms with van der Waals surface area (Å²) < 4.78 is 0. The number of carboxylic acid groups (broad SMARTS) is 2. The summed E-state index contributed by atoms with van der Waals surface area (Å²) in [5.41, 5.74) is 0.773. The monoisotopic (exact) mass is 507 g/mol. The molecule has 184 valence electrons. The number of thioether (sulfide) groups is 1. The highest BCUT2D eigenvalue weighted by Crippen LogP contribution is 2.22. The van der Waals surface area contributed by atoms with Crippen LogP contribution in [0.25, 0.3) is 0 Å². The van der Waals surface area contributed by atoms with Crippen molar-refractivity contribution in [3.63, 3.8) is 0 Å². The fraction of sp³-hybridized carbons (Fsp3) is 0.0800. The molecule has 10 nitrogen and oxygen atoms in total. The van der Waals surface area contributed by atoms with Crippen LogP contribution in [-0.2, 0) is 9.59 Å². The van der Waals surface area contributed by atoms with E-state index in [2.05, 4.69) is 16.0 Å². The third-order valence-electron chi connectivity index (χ3n) is 4.71. The zero-order chi connectivity index (χ0) is 26.2. The highest BCUT2D eigenvalue weighted by atomic mass is 32.2. The highest BCUT2D eigenvalue weighted by molar-refractivity contribution is 8.00. The molecule has 0 radical (unpaired) electrons. The molecule has 0 spiro atoms. The van der Waals surface area contributed by atoms with Gasteiger partial charge in [0, 0.05) is 28.9 Å². The smallest absolute Gasteiger partial charge is 0.336 e. The maximum Gasteiger partial charge on any atom is 0.336 e. The van der Waals surface area contributed by atoms with Crippen LogP contribution in [0.1, 0.15) is 38.0 Å². The number of hydrogen-bond acceptors (Lipinski definition) is 6. The molecule has 36 heavy (non-hydrogen) atoms. The van der Waals surface area contributed by atoms with Crippen LogP contribution in [-0.4, -0.2) is 45.6 Å². The summed E-state index contributed by atoms with van der Waals surface area (Å²) in [6.07, 6.45) is 0. The fourth-order valence-electron chi connectivity index (χ4n) is 3.07. The molecule has 5 N–H and O–H groups in total. The first kappa shape index (κ1) is 26.0. The molecule has 0 aromatic heterocycles. The van der Waals surface area contributed by atoms with E-state index in [9.17, 15) is 29.1 Å². The molecule has 0 saturated carbocycles. The Kier molecular flexibility index (Phi) is 8.42. The number of nitrogens with one attached hydrogen (secondary N) is 3. The number of rotatable bonds is 9. The Bertz CT molecular complexity index is 1320. The van der Waals surface area contributed by atoms with Crippen LogP contribution < -0.4 is 16.0 Å². The van der Waals surface area contributed by atoms with E-state index in [0.29, 0.717) is 17.1 Å². The lowest BCUT2D eigenvalue weighted by Gasteiger charge is -2.10. The molecule has 0 aliphatic heterocycles. The van der Waals surface area contributed by atoms with Crippen molar-refractivity contribution in [1.82, 2.24) is 0 Å². The average molecular weight is 508 g/mol. The Morgan fingerprint density at radius 3 is 1.81 bits per heavy atom. The first-order valence-electron chi connectivity index (χ1n) is 10.4. The van der Waals surface area contributed by atoms with E-state index < -0.39 is 23.4 Å². The second-order valence-electron chi connectivity index (χ2n) is 7.44. The zero-order valence-corrected chi connectivity index (χ0v) is 19.7. The molecule has 0 aliphatic rings. The van der Waals surface area contributed by atoms with Gasteiger partial charge in [0.15, 0.2) is 0 Å². The maximum absolute atomic E-state index is 12.6. The molecule has 0 aliphatic carbocycles. The molecule has 0 saturated heterocycles. The summed E-state index contributed by atoms with van der Waals surface area (Å²) in [5.74, 6) is -3.70. The minimum Gasteiger partial charge on any atom is -0.478 e. The van der Waals surface area contributed by atoms with Gasteiger partial charge in [-0.1, -0.05) is 0 Å². The second kappa shape index (κ2) is 11.7. The lowest BCUT2D eigenvalue weighted by atomic mass is 10.0. The first-order valence-corrected chi connectivity index (χ1v) is 11.4. The van der Waals surface area contributed by atoms with Gasteiger partial charge >= 0.3 is 11.9 Å². The van der Waals surface area contributed by atoms with Crippen molar-refractivity contribution in [3.8, 4) is 0 Å². The van der Waals surface area contributed by atoms with E-state index in [1.165, 1.54) is 18.7 Å². The van der Waals surface area contributed by atoms with E-state index in [1.54, 1.807) is 48.5 Å². The number of aromatic carboxylic acids is 2. The molecule has 3 aromatic carbocycles. The summed E-state index contributed by atoms with van der Waals surface area (Å²) in [6.45, 7) is 1.41. The van der Waals surface area contributed by atoms with Crippen LogP contribution in [0.2, 0.25) is 0 Å². The average Bonchev–Trinajstić information content (AvgIpc) is 2.84. The SMILES string of the molecule is CC(=O)Nc1ccc(NC(=O)CSc2ccc(NC(=O)c3ccc(C(=O)O)cc3C(=O)O)cc2)cc1. The van der Waals surface area contributed by atoms with Crippen LogP contribution in [0.5, 0.6) is 0 Å². The Hall–Kier alpha value is -4.64. The molecule has 0 fully saturated rings. The molecule has 0 bridgehead atoms. The molecular formula is C25H21N3O7S. The fourth-order valence-corrected chi connectivity index (χ4v) is 3.77. The predicted molar refractivity (Wildman–Crippen MR) is 135 cm³/mol. The lowest BCUT2D eigenvalue weighted by Crippen LogP contribution is -2.17. The van der Waals surface area contributed by atoms with Gasteiger partial charge in [-0.05, 0) is 66.7 Å². The number of hydrogen-bond donors (Lipinski definition) is 5. The van der Waals surface area contributed by atoms with Gasteiger partial charge in [0.25, 0.3) is 5.91 Å². The molecule has 0 heterocycles. The van der Waals surface area contributed by atoms with E-state index in [0.717, 1.165) is 23.1 Å². The summed E-state index contributed by atoms with van der Waals surface area (Å²) in [7, 11) is 0. The molecule has 3 amide bonds. The number of anilines is 3. The van der Waals surface area contributed by atoms with E-state index in [4.69, 9.17) is 5.11 Å². The number of carbonyl (C=O) groups excluding carboxylic acids is 3. The number of benzene rings is 3. The van der Waals surface area contributed by atoms with Gasteiger partial charge in [0.2, 0.25) is 11.8 Å². The van der Waals surface area contributed by atoms with Crippen molar-refractivity contribution < 1.29 is 34.2 Å². The molecule has 3 rings (SSSR count). The van der Waals surface area contributed by atoms with Gasteiger partial charge in [-0.2, -0.15) is 0 Å². The normalized spacial score (nSPS) is 10.2. The quantitative estimate of drug-likeness (QED) is 0.271. The molecule has 3 aromatic rings. The molecular weight excluding hydrogens is 486 g/mol. The number of carbonyl (C=O) groups is 5. The number of amides is 3. The van der Waals surface area contributed by atoms with E-state index in [-0.39, 0.29) is 28.7 Å². The molecule has 11 heteroatoms. The van der Waals surface area contributed by atoms with Gasteiger partial charge in [0.05, 0.1) is 22.4 Å². The van der Waals surface area contributed by atoms with Gasteiger partial charge in [-0.25, -0.2) is 9.59 Å². The van der Waals surface area contributed by atoms with E-state index in [1.807, 2.05) is 0 Å². The molecule has 0 unspecified atom stereocenters. The van der Waals surface area contributed by atoms with Crippen LogP contribution >= 0.6 is 11.8 Å². The Morgan fingerprint density at radius 2 is 1.25 bits per heavy atom. The third kappa shape index (κ3) is 7.18. The summed E-state index contributed by atoms with van der Waals surface area (Å²) in [6, 6.07) is 16.5. The minimum atomic E-state index is -1.42. The minimum absolute atomic E-state index is 0.136. The summed E-state index contributed by atoms with van der Waals surface area (Å²) >= 11 is 1.28. The van der Waals surface area contributed by atoms with Crippen LogP contribution in [0.3, 0.4) is 0 Å². The van der Waals surface area contributed by atoms with Crippen molar-refractivity contribution >= 4 is 58.5 Å². The highest BCUT2D eigenvalue weighted by Gasteiger charge is 2.19. The van der Waals surface area contributed by atoms with Crippen LogP contribution in [0.15, 0.2) is 71.6 Å². The number of carboxylic acids is 2. The van der Waals surface area contributed by atoms with Gasteiger partial charge in [-0.3, -0.25) is 14.4 Å². The van der Waals surface area contributed by atoms with Crippen LogP contribution in [0, 0.1) is 0 Å². The van der Waals surface area contributed by atoms with Gasteiger partial charge < -0.3 is 26.2 Å². The second-order valence-corrected chi connectivity index (χ2v) is 8.49.